The summed E-state index contributed by atoms with van der Waals surface area (Å²) >= 11 is 17.7. The van der Waals surface area contributed by atoms with Crippen molar-refractivity contribution in [3.05, 3.63) is 0 Å². The van der Waals surface area contributed by atoms with Crippen LogP contribution in [0.3, 0.4) is 0 Å². The Hall–Kier alpha value is -0.180. The third kappa shape index (κ3) is 6.63. The standard InChI is InChI=1S/C13H24N4S4/c1-4-5-6-14-11(18)16-7-9-17(10-8-16)13(20)21-12(19)15(2)3/h4-10H2,1-3H3,(H,14,18). The van der Waals surface area contributed by atoms with Crippen LogP contribution in [-0.4, -0.2) is 75.3 Å². The molecule has 0 spiro atoms. The summed E-state index contributed by atoms with van der Waals surface area (Å²) in [7, 11) is 3.88. The highest BCUT2D eigenvalue weighted by Gasteiger charge is 2.21. The van der Waals surface area contributed by atoms with Crippen LogP contribution in [0.1, 0.15) is 19.8 Å². The topological polar surface area (TPSA) is 21.8 Å². The maximum absolute atomic E-state index is 5.47. The molecule has 1 aliphatic rings. The minimum absolute atomic E-state index is 0.805. The summed E-state index contributed by atoms with van der Waals surface area (Å²) in [5.41, 5.74) is 0. The summed E-state index contributed by atoms with van der Waals surface area (Å²) in [5.74, 6) is 0. The van der Waals surface area contributed by atoms with Gasteiger partial charge in [0, 0.05) is 46.8 Å². The highest BCUT2D eigenvalue weighted by atomic mass is 32.2. The van der Waals surface area contributed by atoms with Gasteiger partial charge in [-0.1, -0.05) is 37.8 Å². The van der Waals surface area contributed by atoms with E-state index in [0.29, 0.717) is 0 Å². The molecule has 0 atom stereocenters. The SMILES string of the molecule is CCCCNC(=S)N1CCN(C(=S)SC(=S)N(C)C)CC1. The lowest BCUT2D eigenvalue weighted by Gasteiger charge is -2.37. The maximum Gasteiger partial charge on any atom is 0.169 e. The van der Waals surface area contributed by atoms with Crippen LogP contribution in [0.25, 0.3) is 0 Å². The largest absolute Gasteiger partial charge is 0.363 e. The Balaban J connectivity index is 2.33. The van der Waals surface area contributed by atoms with Gasteiger partial charge in [-0.2, -0.15) is 0 Å². The van der Waals surface area contributed by atoms with E-state index in [4.69, 9.17) is 36.7 Å². The molecule has 0 aliphatic carbocycles. The van der Waals surface area contributed by atoms with E-state index in [-0.39, 0.29) is 0 Å². The summed E-state index contributed by atoms with van der Waals surface area (Å²) in [6, 6.07) is 0. The Morgan fingerprint density at radius 2 is 1.67 bits per heavy atom. The van der Waals surface area contributed by atoms with Crippen LogP contribution in [-0.2, 0) is 0 Å². The first-order valence-electron chi connectivity index (χ1n) is 7.16. The predicted octanol–water partition coefficient (Wildman–Crippen LogP) is 2.14. The molecule has 0 saturated carbocycles. The van der Waals surface area contributed by atoms with Gasteiger partial charge in [0.05, 0.1) is 0 Å². The van der Waals surface area contributed by atoms with Crippen LogP contribution in [0.15, 0.2) is 0 Å². The fourth-order valence-corrected chi connectivity index (χ4v) is 3.55. The number of piperazine rings is 1. The van der Waals surface area contributed by atoms with Gasteiger partial charge in [0.15, 0.2) is 5.11 Å². The number of hydrogen-bond donors (Lipinski definition) is 1. The van der Waals surface area contributed by atoms with E-state index >= 15 is 0 Å². The zero-order valence-electron chi connectivity index (χ0n) is 12.9. The number of nitrogens with one attached hydrogen (secondary N) is 1. The first kappa shape index (κ1) is 18.9. The molecule has 0 bridgehead atoms. The number of rotatable bonds is 3. The van der Waals surface area contributed by atoms with Crippen molar-refractivity contribution in [2.45, 2.75) is 19.8 Å². The van der Waals surface area contributed by atoms with Gasteiger partial charge in [0.1, 0.15) is 8.64 Å². The zero-order valence-corrected chi connectivity index (χ0v) is 16.2. The van der Waals surface area contributed by atoms with E-state index in [1.807, 2.05) is 19.0 Å². The number of hydrogen-bond acceptors (Lipinski definition) is 4. The van der Waals surface area contributed by atoms with E-state index in [0.717, 1.165) is 52.9 Å². The van der Waals surface area contributed by atoms with Crippen molar-refractivity contribution in [3.63, 3.8) is 0 Å². The van der Waals surface area contributed by atoms with Gasteiger partial charge in [0.2, 0.25) is 0 Å². The quantitative estimate of drug-likeness (QED) is 0.600. The number of nitrogens with zero attached hydrogens (tertiary/aromatic N) is 3. The average molecular weight is 365 g/mol. The average Bonchev–Trinajstić information content (AvgIpc) is 2.47. The molecule has 0 aromatic carbocycles. The second-order valence-electron chi connectivity index (χ2n) is 5.09. The summed E-state index contributed by atoms with van der Waals surface area (Å²) in [6.45, 7) is 6.76. The Morgan fingerprint density at radius 1 is 1.10 bits per heavy atom. The van der Waals surface area contributed by atoms with Crippen molar-refractivity contribution >= 4 is 62.2 Å². The van der Waals surface area contributed by atoms with Crippen LogP contribution in [0, 0.1) is 0 Å². The van der Waals surface area contributed by atoms with E-state index in [9.17, 15) is 0 Å². The van der Waals surface area contributed by atoms with Crippen LogP contribution >= 0.6 is 48.4 Å². The molecule has 1 N–H and O–H groups in total. The summed E-state index contributed by atoms with van der Waals surface area (Å²) in [5, 5.41) is 4.18. The van der Waals surface area contributed by atoms with Crippen molar-refractivity contribution < 1.29 is 0 Å². The smallest absolute Gasteiger partial charge is 0.169 e. The fraction of sp³-hybridized carbons (Fsp3) is 0.769. The molecule has 1 aliphatic heterocycles. The molecule has 4 nitrogen and oxygen atoms in total. The molecule has 1 saturated heterocycles. The summed E-state index contributed by atoms with van der Waals surface area (Å²) in [4.78, 5) is 6.34. The van der Waals surface area contributed by atoms with Gasteiger partial charge in [0.25, 0.3) is 0 Å². The van der Waals surface area contributed by atoms with E-state index in [1.54, 1.807) is 0 Å². The Morgan fingerprint density at radius 3 is 2.19 bits per heavy atom. The lowest BCUT2D eigenvalue weighted by molar-refractivity contribution is 0.262. The third-order valence-corrected chi connectivity index (χ3v) is 5.67. The van der Waals surface area contributed by atoms with Crippen LogP contribution < -0.4 is 5.32 Å². The molecule has 8 heteroatoms. The Bertz CT molecular complexity index is 378. The second kappa shape index (κ2) is 9.76. The monoisotopic (exact) mass is 364 g/mol. The second-order valence-corrected chi connectivity index (χ2v) is 7.74. The van der Waals surface area contributed by atoms with Gasteiger partial charge in [-0.05, 0) is 30.4 Å². The Labute approximate surface area is 148 Å². The molecule has 1 rings (SSSR count). The molecular weight excluding hydrogens is 340 g/mol. The molecule has 0 unspecified atom stereocenters. The third-order valence-electron chi connectivity index (χ3n) is 3.17. The van der Waals surface area contributed by atoms with Crippen molar-refractivity contribution in [3.8, 4) is 0 Å². The molecule has 120 valence electrons. The lowest BCUT2D eigenvalue weighted by Crippen LogP contribution is -2.52. The highest BCUT2D eigenvalue weighted by Crippen LogP contribution is 2.15. The van der Waals surface area contributed by atoms with Crippen molar-refractivity contribution in [1.82, 2.24) is 20.0 Å². The summed E-state index contributed by atoms with van der Waals surface area (Å²) < 4.78 is 1.66. The van der Waals surface area contributed by atoms with Crippen LogP contribution in [0.5, 0.6) is 0 Å². The molecule has 1 heterocycles. The van der Waals surface area contributed by atoms with E-state index < -0.39 is 0 Å². The zero-order chi connectivity index (χ0) is 15.8. The van der Waals surface area contributed by atoms with Crippen molar-refractivity contribution in [2.75, 3.05) is 46.8 Å². The van der Waals surface area contributed by atoms with Crippen molar-refractivity contribution in [1.29, 1.82) is 0 Å². The fourth-order valence-electron chi connectivity index (χ4n) is 1.81. The first-order chi connectivity index (χ1) is 9.95. The highest BCUT2D eigenvalue weighted by molar-refractivity contribution is 8.37. The van der Waals surface area contributed by atoms with E-state index in [2.05, 4.69) is 22.0 Å². The number of unbranched alkanes of at least 4 members (excludes halogenated alkanes) is 1. The minimum Gasteiger partial charge on any atom is -0.363 e. The number of thioether (sulfide) groups is 1. The van der Waals surface area contributed by atoms with Gasteiger partial charge < -0.3 is 20.0 Å². The van der Waals surface area contributed by atoms with E-state index in [1.165, 1.54) is 18.2 Å². The molecule has 21 heavy (non-hydrogen) atoms. The Kier molecular flexibility index (Phi) is 8.77. The molecular formula is C13H24N4S4. The normalized spacial score (nSPS) is 14.8. The van der Waals surface area contributed by atoms with Gasteiger partial charge in [-0.25, -0.2) is 0 Å². The van der Waals surface area contributed by atoms with Gasteiger partial charge in [-0.15, -0.1) is 0 Å². The molecule has 1 fully saturated rings. The van der Waals surface area contributed by atoms with Crippen molar-refractivity contribution in [2.24, 2.45) is 0 Å². The summed E-state index contributed by atoms with van der Waals surface area (Å²) in [6.07, 6.45) is 2.34. The minimum atomic E-state index is 0.805. The van der Waals surface area contributed by atoms with Gasteiger partial charge in [-0.3, -0.25) is 0 Å². The molecule has 0 aromatic rings. The van der Waals surface area contributed by atoms with Crippen LogP contribution in [0.2, 0.25) is 0 Å². The first-order valence-corrected chi connectivity index (χ1v) is 9.20. The molecule has 0 aromatic heterocycles. The van der Waals surface area contributed by atoms with Gasteiger partial charge >= 0.3 is 0 Å². The predicted molar refractivity (Wildman–Crippen MR) is 105 cm³/mol. The van der Waals surface area contributed by atoms with Crippen LogP contribution in [0.4, 0.5) is 0 Å². The maximum atomic E-state index is 5.47. The molecule has 0 amide bonds. The lowest BCUT2D eigenvalue weighted by atomic mass is 10.3. The number of thiocarbonyl (C=S) groups is 3. The molecule has 0 radical (unpaired) electrons.